The van der Waals surface area contributed by atoms with E-state index in [1.54, 1.807) is 18.2 Å². The molecule has 1 aromatic heterocycles. The maximum atomic E-state index is 13.0. The average Bonchev–Trinajstić information content (AvgIpc) is 3.03. The molecule has 1 N–H and O–H groups in total. The van der Waals surface area contributed by atoms with Crippen LogP contribution in [0.4, 0.5) is 13.2 Å². The van der Waals surface area contributed by atoms with Crippen LogP contribution in [-0.4, -0.2) is 21.9 Å². The van der Waals surface area contributed by atoms with Crippen LogP contribution in [0.2, 0.25) is 0 Å². The van der Waals surface area contributed by atoms with Gasteiger partial charge in [0.2, 0.25) is 0 Å². The lowest BCUT2D eigenvalue weighted by Crippen LogP contribution is -2.44. The predicted octanol–water partition coefficient (Wildman–Crippen LogP) is 6.03. The second-order valence-corrected chi connectivity index (χ2v) is 7.53. The molecule has 0 aliphatic rings. The number of aryl methyl sites for hydroxylation is 2. The average molecular weight is 395 g/mol. The van der Waals surface area contributed by atoms with Crippen LogP contribution in [0.15, 0.2) is 42.5 Å². The maximum absolute atomic E-state index is 13.0. The van der Waals surface area contributed by atoms with E-state index in [2.05, 4.69) is 4.98 Å². The van der Waals surface area contributed by atoms with Crippen molar-refractivity contribution in [3.8, 4) is 10.9 Å². The molecule has 0 aliphatic carbocycles. The summed E-state index contributed by atoms with van der Waals surface area (Å²) in [5, 5.41) is 10.4. The van der Waals surface area contributed by atoms with Crippen LogP contribution in [0.25, 0.3) is 10.2 Å². The van der Waals surface area contributed by atoms with Crippen LogP contribution in [0, 0.1) is 6.92 Å². The highest BCUT2D eigenvalue weighted by Crippen LogP contribution is 2.37. The standard InChI is InChI=1S/C20H20F3NO2S/c1-3-19(25,20(21,22)23)11-10-14-8-9-16(13(2)12-14)26-18-24-15-6-4-5-7-17(15)27-18/h4-9,12,25H,3,10-11H2,1-2H3. The van der Waals surface area contributed by atoms with Gasteiger partial charge in [-0.25, -0.2) is 4.98 Å². The summed E-state index contributed by atoms with van der Waals surface area (Å²) < 4.78 is 45.9. The molecule has 0 bridgehead atoms. The molecule has 144 valence electrons. The number of aliphatic hydroxyl groups is 1. The SMILES string of the molecule is CCC(O)(CCc1ccc(Oc2nc3ccccc3s2)c(C)c1)C(F)(F)F. The highest BCUT2D eigenvalue weighted by atomic mass is 32.1. The van der Waals surface area contributed by atoms with Crippen LogP contribution < -0.4 is 4.74 Å². The summed E-state index contributed by atoms with van der Waals surface area (Å²) in [5.74, 6) is 0.611. The molecule has 3 nitrogen and oxygen atoms in total. The van der Waals surface area contributed by atoms with E-state index in [1.807, 2.05) is 31.2 Å². The van der Waals surface area contributed by atoms with Gasteiger partial charge in [-0.05, 0) is 55.5 Å². The van der Waals surface area contributed by atoms with Crippen molar-refractivity contribution in [3.05, 3.63) is 53.6 Å². The molecule has 3 aromatic rings. The molecular formula is C20H20F3NO2S. The molecule has 0 spiro atoms. The Morgan fingerprint density at radius 2 is 1.89 bits per heavy atom. The first-order valence-electron chi connectivity index (χ1n) is 8.64. The van der Waals surface area contributed by atoms with Gasteiger partial charge in [0.25, 0.3) is 5.19 Å². The van der Waals surface area contributed by atoms with E-state index in [9.17, 15) is 18.3 Å². The van der Waals surface area contributed by atoms with Crippen LogP contribution in [-0.2, 0) is 6.42 Å². The zero-order valence-corrected chi connectivity index (χ0v) is 15.8. The van der Waals surface area contributed by atoms with Crippen molar-refractivity contribution in [3.63, 3.8) is 0 Å². The summed E-state index contributed by atoms with van der Waals surface area (Å²) in [6, 6.07) is 13.0. The van der Waals surface area contributed by atoms with Gasteiger partial charge in [-0.15, -0.1) is 0 Å². The number of benzene rings is 2. The van der Waals surface area contributed by atoms with Crippen molar-refractivity contribution in [2.24, 2.45) is 0 Å². The number of thiazole rings is 1. The Labute approximate surface area is 159 Å². The zero-order valence-electron chi connectivity index (χ0n) is 15.0. The second-order valence-electron chi connectivity index (χ2n) is 6.53. The normalized spacial score (nSPS) is 14.3. The lowest BCUT2D eigenvalue weighted by Gasteiger charge is -2.29. The van der Waals surface area contributed by atoms with E-state index in [4.69, 9.17) is 4.74 Å². The van der Waals surface area contributed by atoms with E-state index in [0.717, 1.165) is 21.3 Å². The number of para-hydroxylation sites is 1. The summed E-state index contributed by atoms with van der Waals surface area (Å²) in [6.07, 6.45) is -5.24. The lowest BCUT2D eigenvalue weighted by molar-refractivity contribution is -0.263. The van der Waals surface area contributed by atoms with Gasteiger partial charge in [0, 0.05) is 0 Å². The first kappa shape index (κ1) is 19.6. The fourth-order valence-corrected chi connectivity index (χ4v) is 3.67. The van der Waals surface area contributed by atoms with Crippen LogP contribution in [0.1, 0.15) is 30.9 Å². The van der Waals surface area contributed by atoms with E-state index in [1.165, 1.54) is 18.3 Å². The van der Waals surface area contributed by atoms with Crippen molar-refractivity contribution in [2.45, 2.75) is 44.9 Å². The van der Waals surface area contributed by atoms with E-state index < -0.39 is 11.8 Å². The fraction of sp³-hybridized carbons (Fsp3) is 0.350. The number of aromatic nitrogens is 1. The number of hydrogen-bond acceptors (Lipinski definition) is 4. The number of halogens is 3. The van der Waals surface area contributed by atoms with Crippen molar-refractivity contribution < 1.29 is 23.0 Å². The van der Waals surface area contributed by atoms with Gasteiger partial charge in [-0.3, -0.25) is 0 Å². The molecule has 3 rings (SSSR count). The predicted molar refractivity (Wildman–Crippen MR) is 100 cm³/mol. The monoisotopic (exact) mass is 395 g/mol. The minimum Gasteiger partial charge on any atom is -0.431 e. The highest BCUT2D eigenvalue weighted by Gasteiger charge is 2.51. The third-order valence-corrected chi connectivity index (χ3v) is 5.57. The second kappa shape index (κ2) is 7.48. The molecule has 7 heteroatoms. The molecule has 1 unspecified atom stereocenters. The van der Waals surface area contributed by atoms with Crippen LogP contribution >= 0.6 is 11.3 Å². The van der Waals surface area contributed by atoms with E-state index in [-0.39, 0.29) is 19.3 Å². The van der Waals surface area contributed by atoms with Crippen molar-refractivity contribution in [1.82, 2.24) is 4.98 Å². The minimum atomic E-state index is -4.63. The molecular weight excluding hydrogens is 375 g/mol. The Morgan fingerprint density at radius 1 is 1.15 bits per heavy atom. The first-order chi connectivity index (χ1) is 12.7. The molecule has 27 heavy (non-hydrogen) atoms. The molecule has 1 heterocycles. The molecule has 0 amide bonds. The summed E-state index contributed by atoms with van der Waals surface area (Å²) in [7, 11) is 0. The highest BCUT2D eigenvalue weighted by molar-refractivity contribution is 7.20. The van der Waals surface area contributed by atoms with Gasteiger partial charge in [0.15, 0.2) is 5.60 Å². The maximum Gasteiger partial charge on any atom is 0.417 e. The van der Waals surface area contributed by atoms with E-state index in [0.29, 0.717) is 10.9 Å². The molecule has 0 saturated heterocycles. The first-order valence-corrected chi connectivity index (χ1v) is 9.45. The molecule has 0 saturated carbocycles. The molecule has 0 fully saturated rings. The largest absolute Gasteiger partial charge is 0.431 e. The fourth-order valence-electron chi connectivity index (χ4n) is 2.84. The quantitative estimate of drug-likeness (QED) is 0.554. The number of alkyl halides is 3. The zero-order chi connectivity index (χ0) is 19.7. The Morgan fingerprint density at radius 3 is 2.52 bits per heavy atom. The molecule has 0 aliphatic heterocycles. The van der Waals surface area contributed by atoms with Gasteiger partial charge >= 0.3 is 6.18 Å². The van der Waals surface area contributed by atoms with Crippen LogP contribution in [0.3, 0.4) is 0 Å². The van der Waals surface area contributed by atoms with E-state index >= 15 is 0 Å². The van der Waals surface area contributed by atoms with Crippen molar-refractivity contribution in [2.75, 3.05) is 0 Å². The Balaban J connectivity index is 1.72. The minimum absolute atomic E-state index is 0.131. The molecule has 1 atom stereocenters. The molecule has 2 aromatic carbocycles. The van der Waals surface area contributed by atoms with Gasteiger partial charge in [-0.2, -0.15) is 13.2 Å². The lowest BCUT2D eigenvalue weighted by atomic mass is 9.91. The third-order valence-electron chi connectivity index (χ3n) is 4.65. The Bertz CT molecular complexity index is 905. The van der Waals surface area contributed by atoms with Gasteiger partial charge in [0.1, 0.15) is 5.75 Å². The summed E-state index contributed by atoms with van der Waals surface area (Å²) >= 11 is 1.43. The smallest absolute Gasteiger partial charge is 0.417 e. The van der Waals surface area contributed by atoms with Crippen LogP contribution in [0.5, 0.6) is 10.9 Å². The van der Waals surface area contributed by atoms with Gasteiger partial charge in [-0.1, -0.05) is 42.5 Å². The van der Waals surface area contributed by atoms with Crippen molar-refractivity contribution in [1.29, 1.82) is 0 Å². The number of rotatable bonds is 6. The number of nitrogens with zero attached hydrogens (tertiary/aromatic N) is 1. The van der Waals surface area contributed by atoms with Gasteiger partial charge < -0.3 is 9.84 Å². The number of ether oxygens (including phenoxy) is 1. The summed E-state index contributed by atoms with van der Waals surface area (Å²) in [6.45, 7) is 3.18. The third kappa shape index (κ3) is 4.25. The number of hydrogen-bond donors (Lipinski definition) is 1. The summed E-state index contributed by atoms with van der Waals surface area (Å²) in [5.41, 5.74) is -0.270. The summed E-state index contributed by atoms with van der Waals surface area (Å²) in [4.78, 5) is 4.42. The van der Waals surface area contributed by atoms with Crippen molar-refractivity contribution >= 4 is 21.6 Å². The van der Waals surface area contributed by atoms with Gasteiger partial charge in [0.05, 0.1) is 10.2 Å². The topological polar surface area (TPSA) is 42.4 Å². The Hall–Kier alpha value is -2.12. The number of fused-ring (bicyclic) bond motifs is 1. The Kier molecular flexibility index (Phi) is 5.44. The molecule has 0 radical (unpaired) electrons.